The third-order valence-electron chi connectivity index (χ3n) is 3.21. The number of nitrogens with two attached hydrogens (primary N) is 1. The smallest absolute Gasteiger partial charge is 0.351 e. The number of anilines is 1. The summed E-state index contributed by atoms with van der Waals surface area (Å²) in [6, 6.07) is 1.59. The molecule has 5 heteroatoms. The molecule has 0 aromatic carbocycles. The zero-order valence-corrected chi connectivity index (χ0v) is 10.4. The van der Waals surface area contributed by atoms with Gasteiger partial charge in [-0.15, -0.1) is 0 Å². The van der Waals surface area contributed by atoms with Crippen molar-refractivity contribution in [2.75, 3.05) is 5.73 Å². The lowest BCUT2D eigenvalue weighted by Crippen LogP contribution is -2.30. The number of ether oxygens (including phenoxy) is 1. The van der Waals surface area contributed by atoms with E-state index in [0.29, 0.717) is 0 Å². The summed E-state index contributed by atoms with van der Waals surface area (Å²) >= 11 is 0. The number of nitrogen functional groups attached to an aromatic ring is 1. The molecule has 1 atom stereocenters. The molecule has 0 amide bonds. The summed E-state index contributed by atoms with van der Waals surface area (Å²) in [5.74, 6) is 0.219. The summed E-state index contributed by atoms with van der Waals surface area (Å²) in [4.78, 5) is 15.4. The minimum absolute atomic E-state index is 0.200. The minimum Gasteiger partial charge on any atom is -0.383 e. The molecule has 1 aromatic rings. The molecular formula is C13H19N3O2. The Morgan fingerprint density at radius 2 is 2.22 bits per heavy atom. The van der Waals surface area contributed by atoms with Crippen LogP contribution in [-0.4, -0.2) is 15.7 Å². The quantitative estimate of drug-likeness (QED) is 0.827. The monoisotopic (exact) mass is 249 g/mol. The van der Waals surface area contributed by atoms with E-state index in [1.54, 1.807) is 18.3 Å². The lowest BCUT2D eigenvalue weighted by Gasteiger charge is -2.26. The predicted octanol–water partition coefficient (Wildman–Crippen LogP) is 1.86. The van der Waals surface area contributed by atoms with E-state index in [1.807, 2.05) is 0 Å². The van der Waals surface area contributed by atoms with Gasteiger partial charge in [0.1, 0.15) is 5.82 Å². The summed E-state index contributed by atoms with van der Waals surface area (Å²) in [5.41, 5.74) is 5.06. The van der Waals surface area contributed by atoms with Crippen LogP contribution in [0, 0.1) is 0 Å². The summed E-state index contributed by atoms with van der Waals surface area (Å²) in [7, 11) is 0. The van der Waals surface area contributed by atoms with E-state index in [-0.39, 0.29) is 11.9 Å². The average molecular weight is 249 g/mol. The maximum absolute atomic E-state index is 11.7. The molecule has 1 aliphatic carbocycles. The van der Waals surface area contributed by atoms with Crippen LogP contribution in [0.5, 0.6) is 0 Å². The minimum atomic E-state index is -0.464. The normalized spacial score (nSPS) is 18.4. The second-order valence-electron chi connectivity index (χ2n) is 4.56. The van der Waals surface area contributed by atoms with Crippen LogP contribution in [0.2, 0.25) is 0 Å². The molecule has 1 unspecified atom stereocenters. The first-order valence-electron chi connectivity index (χ1n) is 6.33. The molecule has 0 spiro atoms. The van der Waals surface area contributed by atoms with Crippen molar-refractivity contribution in [3.63, 3.8) is 0 Å². The first kappa shape index (κ1) is 12.8. The fraction of sp³-hybridized carbons (Fsp3) is 0.538. The molecule has 5 nitrogen and oxygen atoms in total. The Morgan fingerprint density at radius 3 is 2.83 bits per heavy atom. The molecule has 2 N–H and O–H groups in total. The van der Waals surface area contributed by atoms with Gasteiger partial charge in [-0.2, -0.15) is 4.98 Å². The van der Waals surface area contributed by atoms with Gasteiger partial charge in [0.05, 0.1) is 6.10 Å². The van der Waals surface area contributed by atoms with Crippen LogP contribution in [0.25, 0.3) is 0 Å². The molecule has 1 fully saturated rings. The Balaban J connectivity index is 2.12. The van der Waals surface area contributed by atoms with E-state index in [9.17, 15) is 4.79 Å². The Morgan fingerprint density at radius 1 is 1.50 bits per heavy atom. The van der Waals surface area contributed by atoms with Gasteiger partial charge in [-0.05, 0) is 25.0 Å². The molecule has 0 bridgehead atoms. The zero-order valence-electron chi connectivity index (χ0n) is 10.4. The van der Waals surface area contributed by atoms with Gasteiger partial charge in [0, 0.05) is 6.20 Å². The van der Waals surface area contributed by atoms with Crippen LogP contribution in [-0.2, 0) is 4.74 Å². The van der Waals surface area contributed by atoms with E-state index >= 15 is 0 Å². The van der Waals surface area contributed by atoms with Crippen LogP contribution in [0.3, 0.4) is 0 Å². The van der Waals surface area contributed by atoms with Gasteiger partial charge in [-0.1, -0.05) is 25.8 Å². The van der Waals surface area contributed by atoms with Crippen molar-refractivity contribution < 1.29 is 4.74 Å². The van der Waals surface area contributed by atoms with Gasteiger partial charge in [0.15, 0.2) is 6.23 Å². The standard InChI is InChI=1S/C13H19N3O2/c1-2-12(18-10-6-4-3-5-7-10)16-9-8-11(14)15-13(16)17/h2,8-10,12H,1,3-7H2,(H2,14,15,17). The molecule has 2 rings (SSSR count). The van der Waals surface area contributed by atoms with Crippen molar-refractivity contribution in [1.82, 2.24) is 9.55 Å². The second kappa shape index (κ2) is 5.82. The van der Waals surface area contributed by atoms with Gasteiger partial charge in [0.25, 0.3) is 0 Å². The largest absolute Gasteiger partial charge is 0.383 e. The molecule has 1 aliphatic rings. The highest BCUT2D eigenvalue weighted by molar-refractivity contribution is 5.23. The van der Waals surface area contributed by atoms with E-state index in [4.69, 9.17) is 10.5 Å². The molecular weight excluding hydrogens is 230 g/mol. The summed E-state index contributed by atoms with van der Waals surface area (Å²) in [6.07, 6.45) is 8.67. The van der Waals surface area contributed by atoms with E-state index in [0.717, 1.165) is 12.8 Å². The first-order chi connectivity index (χ1) is 8.70. The number of hydrogen-bond acceptors (Lipinski definition) is 4. The highest BCUT2D eigenvalue weighted by atomic mass is 16.5. The van der Waals surface area contributed by atoms with Crippen molar-refractivity contribution in [3.05, 3.63) is 35.4 Å². The fourth-order valence-corrected chi connectivity index (χ4v) is 2.25. The van der Waals surface area contributed by atoms with Gasteiger partial charge >= 0.3 is 5.69 Å². The van der Waals surface area contributed by atoms with Gasteiger partial charge in [-0.25, -0.2) is 4.79 Å². The number of rotatable bonds is 4. The molecule has 1 saturated carbocycles. The Hall–Kier alpha value is -1.62. The highest BCUT2D eigenvalue weighted by Gasteiger charge is 2.19. The highest BCUT2D eigenvalue weighted by Crippen LogP contribution is 2.24. The number of aromatic nitrogens is 2. The van der Waals surface area contributed by atoms with Crippen LogP contribution in [0.15, 0.2) is 29.7 Å². The summed E-state index contributed by atoms with van der Waals surface area (Å²) < 4.78 is 7.33. The number of hydrogen-bond donors (Lipinski definition) is 1. The Bertz CT molecular complexity index is 464. The molecule has 0 radical (unpaired) electrons. The van der Waals surface area contributed by atoms with Crippen LogP contribution in [0.1, 0.15) is 38.3 Å². The zero-order chi connectivity index (χ0) is 13.0. The van der Waals surface area contributed by atoms with Crippen molar-refractivity contribution in [2.45, 2.75) is 44.4 Å². The molecule has 98 valence electrons. The lowest BCUT2D eigenvalue weighted by molar-refractivity contribution is -0.0437. The second-order valence-corrected chi connectivity index (χ2v) is 4.56. The van der Waals surface area contributed by atoms with Gasteiger partial charge < -0.3 is 10.5 Å². The molecule has 1 aromatic heterocycles. The molecule has 0 aliphatic heterocycles. The molecule has 1 heterocycles. The molecule has 18 heavy (non-hydrogen) atoms. The summed E-state index contributed by atoms with van der Waals surface area (Å²) in [5, 5.41) is 0. The van der Waals surface area contributed by atoms with E-state index < -0.39 is 11.9 Å². The third kappa shape index (κ3) is 2.98. The van der Waals surface area contributed by atoms with Crippen molar-refractivity contribution in [1.29, 1.82) is 0 Å². The maximum atomic E-state index is 11.7. The average Bonchev–Trinajstić information content (AvgIpc) is 2.38. The van der Waals surface area contributed by atoms with Crippen LogP contribution in [0.4, 0.5) is 5.82 Å². The van der Waals surface area contributed by atoms with Crippen molar-refractivity contribution in [2.24, 2.45) is 0 Å². The van der Waals surface area contributed by atoms with Crippen LogP contribution < -0.4 is 11.4 Å². The van der Waals surface area contributed by atoms with Gasteiger partial charge in [-0.3, -0.25) is 4.57 Å². The Kier molecular flexibility index (Phi) is 4.15. The summed E-state index contributed by atoms with van der Waals surface area (Å²) in [6.45, 7) is 3.72. The molecule has 0 saturated heterocycles. The van der Waals surface area contributed by atoms with E-state index in [1.165, 1.54) is 23.8 Å². The fourth-order valence-electron chi connectivity index (χ4n) is 2.25. The maximum Gasteiger partial charge on any atom is 0.351 e. The third-order valence-corrected chi connectivity index (χ3v) is 3.21. The predicted molar refractivity (Wildman–Crippen MR) is 70.1 cm³/mol. The van der Waals surface area contributed by atoms with Crippen molar-refractivity contribution >= 4 is 5.82 Å². The Labute approximate surface area is 106 Å². The van der Waals surface area contributed by atoms with Crippen LogP contribution >= 0.6 is 0 Å². The lowest BCUT2D eigenvalue weighted by atomic mass is 9.98. The first-order valence-corrected chi connectivity index (χ1v) is 6.33. The number of nitrogens with zero attached hydrogens (tertiary/aromatic N) is 2. The SMILES string of the molecule is C=CC(OC1CCCCC1)n1ccc(N)nc1=O. The topological polar surface area (TPSA) is 70.1 Å². The van der Waals surface area contributed by atoms with E-state index in [2.05, 4.69) is 11.6 Å². The van der Waals surface area contributed by atoms with Gasteiger partial charge in [0.2, 0.25) is 0 Å². The van der Waals surface area contributed by atoms with Crippen molar-refractivity contribution in [3.8, 4) is 0 Å².